The number of carboxylic acids is 1. The Morgan fingerprint density at radius 3 is 3.00 bits per heavy atom. The predicted octanol–water partition coefficient (Wildman–Crippen LogP) is 2.30. The van der Waals surface area contributed by atoms with Gasteiger partial charge in [0.25, 0.3) is 0 Å². The Morgan fingerprint density at radius 1 is 1.56 bits per heavy atom. The van der Waals surface area contributed by atoms with E-state index in [9.17, 15) is 9.18 Å². The molecule has 16 heavy (non-hydrogen) atoms. The van der Waals surface area contributed by atoms with E-state index < -0.39 is 11.8 Å². The lowest BCUT2D eigenvalue weighted by molar-refractivity contribution is -0.137. The monoisotopic (exact) mass is 242 g/mol. The third-order valence-corrected chi connectivity index (χ3v) is 2.57. The molecule has 1 aromatic heterocycles. The van der Waals surface area contributed by atoms with Gasteiger partial charge in [-0.1, -0.05) is 11.6 Å². The van der Waals surface area contributed by atoms with E-state index in [1.807, 2.05) is 0 Å². The normalized spacial score (nSPS) is 10.9. The van der Waals surface area contributed by atoms with E-state index in [1.165, 1.54) is 22.9 Å². The molecule has 0 fully saturated rings. The molecular formula is C10H8ClFN2O2. The van der Waals surface area contributed by atoms with Crippen molar-refractivity contribution in [2.24, 2.45) is 0 Å². The van der Waals surface area contributed by atoms with Crippen LogP contribution in [0.4, 0.5) is 4.39 Å². The van der Waals surface area contributed by atoms with Crippen LogP contribution in [0.1, 0.15) is 6.42 Å². The second-order valence-corrected chi connectivity index (χ2v) is 3.68. The summed E-state index contributed by atoms with van der Waals surface area (Å²) >= 11 is 5.95. The highest BCUT2D eigenvalue weighted by atomic mass is 35.5. The van der Waals surface area contributed by atoms with Gasteiger partial charge in [0.1, 0.15) is 11.0 Å². The van der Waals surface area contributed by atoms with E-state index in [0.29, 0.717) is 10.9 Å². The average molecular weight is 243 g/mol. The van der Waals surface area contributed by atoms with Crippen molar-refractivity contribution in [3.05, 3.63) is 29.2 Å². The van der Waals surface area contributed by atoms with E-state index >= 15 is 0 Å². The molecule has 0 aliphatic heterocycles. The van der Waals surface area contributed by atoms with E-state index in [1.54, 1.807) is 0 Å². The summed E-state index contributed by atoms with van der Waals surface area (Å²) in [4.78, 5) is 10.4. The summed E-state index contributed by atoms with van der Waals surface area (Å²) < 4.78 is 14.3. The topological polar surface area (TPSA) is 55.1 Å². The van der Waals surface area contributed by atoms with E-state index in [4.69, 9.17) is 16.7 Å². The van der Waals surface area contributed by atoms with Crippen molar-refractivity contribution in [1.82, 2.24) is 9.78 Å². The van der Waals surface area contributed by atoms with Crippen molar-refractivity contribution in [2.45, 2.75) is 13.0 Å². The van der Waals surface area contributed by atoms with Crippen molar-refractivity contribution in [3.63, 3.8) is 0 Å². The SMILES string of the molecule is O=C(O)CCn1nc2ccc(F)cc2c1Cl. The second kappa shape index (κ2) is 4.09. The number of hydrogen-bond acceptors (Lipinski definition) is 2. The van der Waals surface area contributed by atoms with Crippen LogP contribution in [-0.4, -0.2) is 20.9 Å². The molecule has 1 aromatic carbocycles. The molecule has 4 nitrogen and oxygen atoms in total. The Kier molecular flexibility index (Phi) is 2.78. The van der Waals surface area contributed by atoms with Gasteiger partial charge in [0.05, 0.1) is 18.5 Å². The van der Waals surface area contributed by atoms with E-state index in [0.717, 1.165) is 0 Å². The van der Waals surface area contributed by atoms with E-state index in [2.05, 4.69) is 5.10 Å². The lowest BCUT2D eigenvalue weighted by atomic mass is 10.2. The van der Waals surface area contributed by atoms with Crippen LogP contribution in [0.5, 0.6) is 0 Å². The van der Waals surface area contributed by atoms with Gasteiger partial charge in [0, 0.05) is 5.39 Å². The Balaban J connectivity index is 2.40. The van der Waals surface area contributed by atoms with Gasteiger partial charge < -0.3 is 5.11 Å². The average Bonchev–Trinajstić information content (AvgIpc) is 2.53. The molecule has 0 radical (unpaired) electrons. The Labute approximate surface area is 95.2 Å². The van der Waals surface area contributed by atoms with Gasteiger partial charge in [-0.15, -0.1) is 0 Å². The highest BCUT2D eigenvalue weighted by molar-refractivity contribution is 6.34. The molecular weight excluding hydrogens is 235 g/mol. The highest BCUT2D eigenvalue weighted by Gasteiger charge is 2.10. The minimum atomic E-state index is -0.929. The lowest BCUT2D eigenvalue weighted by Gasteiger charge is -1.98. The van der Waals surface area contributed by atoms with Crippen LogP contribution in [0.15, 0.2) is 18.2 Å². The number of halogens is 2. The summed E-state index contributed by atoms with van der Waals surface area (Å²) in [6.07, 6.45) is -0.0732. The molecule has 84 valence electrons. The molecule has 0 aliphatic rings. The highest BCUT2D eigenvalue weighted by Crippen LogP contribution is 2.24. The zero-order valence-corrected chi connectivity index (χ0v) is 8.91. The number of carbonyl (C=O) groups is 1. The number of aromatic nitrogens is 2. The molecule has 0 aliphatic carbocycles. The first-order valence-electron chi connectivity index (χ1n) is 4.61. The molecule has 0 spiro atoms. The van der Waals surface area contributed by atoms with Crippen LogP contribution in [0.2, 0.25) is 5.15 Å². The second-order valence-electron chi connectivity index (χ2n) is 3.32. The van der Waals surface area contributed by atoms with Crippen LogP contribution >= 0.6 is 11.6 Å². The third-order valence-electron chi connectivity index (χ3n) is 2.17. The summed E-state index contributed by atoms with van der Waals surface area (Å²) in [5.74, 6) is -1.33. The molecule has 0 bridgehead atoms. The first kappa shape index (κ1) is 10.9. The largest absolute Gasteiger partial charge is 0.481 e. The molecule has 0 amide bonds. The fourth-order valence-corrected chi connectivity index (χ4v) is 1.70. The summed E-state index contributed by atoms with van der Waals surface area (Å²) in [6.45, 7) is 0.171. The van der Waals surface area contributed by atoms with Crippen molar-refractivity contribution >= 4 is 28.5 Å². The number of fused-ring (bicyclic) bond motifs is 1. The maximum absolute atomic E-state index is 13.0. The van der Waals surface area contributed by atoms with Gasteiger partial charge in [-0.2, -0.15) is 5.10 Å². The fraction of sp³-hybridized carbons (Fsp3) is 0.200. The number of hydrogen-bond donors (Lipinski definition) is 1. The van der Waals surface area contributed by atoms with Crippen molar-refractivity contribution in [3.8, 4) is 0 Å². The van der Waals surface area contributed by atoms with Gasteiger partial charge in [-0.05, 0) is 18.2 Å². The number of nitrogens with zero attached hydrogens (tertiary/aromatic N) is 2. The van der Waals surface area contributed by atoms with Crippen molar-refractivity contribution in [1.29, 1.82) is 0 Å². The first-order chi connectivity index (χ1) is 7.58. The fourth-order valence-electron chi connectivity index (χ4n) is 1.42. The quantitative estimate of drug-likeness (QED) is 0.899. The van der Waals surface area contributed by atoms with Gasteiger partial charge in [0.15, 0.2) is 0 Å². The zero-order valence-electron chi connectivity index (χ0n) is 8.15. The van der Waals surface area contributed by atoms with Crippen molar-refractivity contribution in [2.75, 3.05) is 0 Å². The molecule has 1 N–H and O–H groups in total. The van der Waals surface area contributed by atoms with Crippen LogP contribution in [-0.2, 0) is 11.3 Å². The van der Waals surface area contributed by atoms with Crippen LogP contribution in [0, 0.1) is 5.82 Å². The lowest BCUT2D eigenvalue weighted by Crippen LogP contribution is -2.05. The molecule has 1 heterocycles. The number of benzene rings is 1. The van der Waals surface area contributed by atoms with Crippen molar-refractivity contribution < 1.29 is 14.3 Å². The Morgan fingerprint density at radius 2 is 2.31 bits per heavy atom. The minimum Gasteiger partial charge on any atom is -0.481 e. The maximum Gasteiger partial charge on any atom is 0.305 e. The number of carboxylic acid groups (broad SMARTS) is 1. The minimum absolute atomic E-state index is 0.0732. The molecule has 0 saturated heterocycles. The molecule has 0 atom stereocenters. The Bertz CT molecular complexity index is 553. The smallest absolute Gasteiger partial charge is 0.305 e. The molecule has 2 rings (SSSR count). The van der Waals surface area contributed by atoms with Gasteiger partial charge in [-0.25, -0.2) is 4.39 Å². The van der Waals surface area contributed by atoms with Gasteiger partial charge >= 0.3 is 5.97 Å². The molecule has 2 aromatic rings. The summed E-state index contributed by atoms with van der Waals surface area (Å²) in [5.41, 5.74) is 0.553. The molecule has 0 unspecified atom stereocenters. The first-order valence-corrected chi connectivity index (χ1v) is 4.99. The van der Waals surface area contributed by atoms with Crippen LogP contribution in [0.25, 0.3) is 10.9 Å². The number of rotatable bonds is 3. The molecule has 6 heteroatoms. The van der Waals surface area contributed by atoms with Crippen LogP contribution < -0.4 is 0 Å². The summed E-state index contributed by atoms with van der Waals surface area (Å²) in [6, 6.07) is 4.07. The Hall–Kier alpha value is -1.62. The van der Waals surface area contributed by atoms with Gasteiger partial charge in [-0.3, -0.25) is 9.48 Å². The van der Waals surface area contributed by atoms with Crippen LogP contribution in [0.3, 0.4) is 0 Å². The summed E-state index contributed by atoms with van der Waals surface area (Å²) in [7, 11) is 0. The number of aryl methyl sites for hydroxylation is 1. The maximum atomic E-state index is 13.0. The molecule has 0 saturated carbocycles. The van der Waals surface area contributed by atoms with E-state index in [-0.39, 0.29) is 18.1 Å². The standard InChI is InChI=1S/C10H8ClFN2O2/c11-10-7-5-6(12)1-2-8(7)13-14(10)4-3-9(15)16/h1-2,5H,3-4H2,(H,15,16). The predicted molar refractivity (Wildman–Crippen MR) is 57.0 cm³/mol. The zero-order chi connectivity index (χ0) is 11.7. The third kappa shape index (κ3) is 1.99. The van der Waals surface area contributed by atoms with Gasteiger partial charge in [0.2, 0.25) is 0 Å². The summed E-state index contributed by atoms with van der Waals surface area (Å²) in [5, 5.41) is 13.4. The number of aliphatic carboxylic acids is 1.